The molecule has 8 heteroatoms. The fraction of sp³-hybridized carbons (Fsp3) is 0.286. The number of nitrogens with zero attached hydrogens (tertiary/aromatic N) is 2. The van der Waals surface area contributed by atoms with E-state index in [1.54, 1.807) is 10.9 Å². The Morgan fingerprint density at radius 2 is 2.00 bits per heavy atom. The molecule has 0 spiro atoms. The van der Waals surface area contributed by atoms with Gasteiger partial charge in [0, 0.05) is 5.39 Å². The number of benzene rings is 1. The number of primary amides is 1. The Kier molecular flexibility index (Phi) is 4.72. The Bertz CT molecular complexity index is 709. The van der Waals surface area contributed by atoms with Crippen LogP contribution < -0.4 is 16.4 Å². The van der Waals surface area contributed by atoms with Gasteiger partial charge >= 0.3 is 0 Å². The van der Waals surface area contributed by atoms with E-state index in [1.165, 1.54) is 6.92 Å². The van der Waals surface area contributed by atoms with Crippen molar-refractivity contribution in [2.75, 3.05) is 6.54 Å². The molecule has 0 aliphatic carbocycles. The van der Waals surface area contributed by atoms with Crippen LogP contribution in [0.4, 0.5) is 0 Å². The second kappa shape index (κ2) is 6.70. The van der Waals surface area contributed by atoms with Gasteiger partial charge in [-0.05, 0) is 13.0 Å². The second-order valence-electron chi connectivity index (χ2n) is 4.83. The largest absolute Gasteiger partial charge is 0.368 e. The maximum absolute atomic E-state index is 11.8. The van der Waals surface area contributed by atoms with Gasteiger partial charge in [0.05, 0.1) is 18.3 Å². The molecule has 1 heterocycles. The van der Waals surface area contributed by atoms with Gasteiger partial charge in [0.1, 0.15) is 12.6 Å². The highest BCUT2D eigenvalue weighted by Gasteiger charge is 2.13. The molecule has 0 bridgehead atoms. The lowest BCUT2D eigenvalue weighted by Gasteiger charge is -2.11. The van der Waals surface area contributed by atoms with Crippen molar-refractivity contribution in [1.82, 2.24) is 20.4 Å². The molecule has 2 rings (SSSR count). The smallest absolute Gasteiger partial charge is 0.242 e. The normalized spacial score (nSPS) is 11.9. The van der Waals surface area contributed by atoms with Crippen LogP contribution in [0.5, 0.6) is 0 Å². The van der Waals surface area contributed by atoms with Crippen LogP contribution >= 0.6 is 0 Å². The third-order valence-electron chi connectivity index (χ3n) is 3.09. The number of carbonyl (C=O) groups excluding carboxylic acids is 3. The number of fused-ring (bicyclic) bond motifs is 1. The lowest BCUT2D eigenvalue weighted by Crippen LogP contribution is -2.46. The summed E-state index contributed by atoms with van der Waals surface area (Å²) in [5.41, 5.74) is 5.87. The lowest BCUT2D eigenvalue weighted by atomic mass is 10.2. The predicted octanol–water partition coefficient (Wildman–Crippen LogP) is -0.857. The van der Waals surface area contributed by atoms with Crippen LogP contribution in [-0.2, 0) is 20.9 Å². The summed E-state index contributed by atoms with van der Waals surface area (Å²) in [6, 6.07) is 6.72. The van der Waals surface area contributed by atoms with Gasteiger partial charge in [0.25, 0.3) is 0 Å². The zero-order chi connectivity index (χ0) is 16.1. The summed E-state index contributed by atoms with van der Waals surface area (Å²) in [4.78, 5) is 34.2. The first-order chi connectivity index (χ1) is 10.5. The molecule has 3 amide bonds. The van der Waals surface area contributed by atoms with Gasteiger partial charge in [0.15, 0.2) is 0 Å². The molecular weight excluding hydrogens is 286 g/mol. The molecule has 0 radical (unpaired) electrons. The van der Waals surface area contributed by atoms with Gasteiger partial charge < -0.3 is 16.4 Å². The molecule has 1 aromatic carbocycles. The molecule has 0 saturated heterocycles. The molecule has 2 aromatic rings. The average molecular weight is 303 g/mol. The molecule has 116 valence electrons. The Balaban J connectivity index is 1.86. The van der Waals surface area contributed by atoms with E-state index in [-0.39, 0.29) is 19.0 Å². The lowest BCUT2D eigenvalue weighted by molar-refractivity contribution is -0.128. The van der Waals surface area contributed by atoms with E-state index in [0.717, 1.165) is 10.9 Å². The Labute approximate surface area is 126 Å². The summed E-state index contributed by atoms with van der Waals surface area (Å²) in [7, 11) is 0. The number of hydrogen-bond donors (Lipinski definition) is 3. The zero-order valence-corrected chi connectivity index (χ0v) is 12.1. The van der Waals surface area contributed by atoms with Crippen molar-refractivity contribution >= 4 is 28.6 Å². The molecule has 1 unspecified atom stereocenters. The summed E-state index contributed by atoms with van der Waals surface area (Å²) >= 11 is 0. The number of amides is 3. The Hall–Kier alpha value is -2.90. The van der Waals surface area contributed by atoms with E-state index in [2.05, 4.69) is 15.7 Å². The summed E-state index contributed by atoms with van der Waals surface area (Å²) in [6.45, 7) is 1.25. The molecule has 1 aromatic heterocycles. The first-order valence-corrected chi connectivity index (χ1v) is 6.73. The van der Waals surface area contributed by atoms with Gasteiger partial charge in [-0.3, -0.25) is 19.1 Å². The van der Waals surface area contributed by atoms with Crippen molar-refractivity contribution in [3.8, 4) is 0 Å². The second-order valence-corrected chi connectivity index (χ2v) is 4.83. The van der Waals surface area contributed by atoms with E-state index < -0.39 is 17.9 Å². The average Bonchev–Trinajstić information content (AvgIpc) is 2.88. The SMILES string of the molecule is CC(NC(=O)CNC(=O)Cn1ncc2ccccc21)C(N)=O. The summed E-state index contributed by atoms with van der Waals surface area (Å²) in [5.74, 6) is -1.47. The van der Waals surface area contributed by atoms with Crippen LogP contribution in [0.15, 0.2) is 30.5 Å². The van der Waals surface area contributed by atoms with Gasteiger partial charge in [0.2, 0.25) is 17.7 Å². The van der Waals surface area contributed by atoms with Crippen LogP contribution in [0.25, 0.3) is 10.9 Å². The third kappa shape index (κ3) is 3.81. The standard InChI is InChI=1S/C14H17N5O3/c1-9(14(15)22)18-12(20)7-16-13(21)8-19-11-5-3-2-4-10(11)6-17-19/h2-6,9H,7-8H2,1H3,(H2,15,22)(H,16,21)(H,18,20). The summed E-state index contributed by atoms with van der Waals surface area (Å²) in [5, 5.41) is 9.90. The topological polar surface area (TPSA) is 119 Å². The number of para-hydroxylation sites is 1. The predicted molar refractivity (Wildman–Crippen MR) is 79.5 cm³/mol. The first kappa shape index (κ1) is 15.5. The van der Waals surface area contributed by atoms with Gasteiger partial charge in [-0.25, -0.2) is 0 Å². The van der Waals surface area contributed by atoms with Crippen LogP contribution in [-0.4, -0.2) is 40.1 Å². The quantitative estimate of drug-likeness (QED) is 0.643. The number of nitrogens with one attached hydrogen (secondary N) is 2. The van der Waals surface area contributed by atoms with Crippen LogP contribution in [0.2, 0.25) is 0 Å². The van der Waals surface area contributed by atoms with E-state index in [0.29, 0.717) is 0 Å². The van der Waals surface area contributed by atoms with Gasteiger partial charge in [-0.1, -0.05) is 18.2 Å². The molecule has 4 N–H and O–H groups in total. The molecule has 0 aliphatic rings. The van der Waals surface area contributed by atoms with Gasteiger partial charge in [-0.15, -0.1) is 0 Å². The molecule has 8 nitrogen and oxygen atoms in total. The highest BCUT2D eigenvalue weighted by molar-refractivity contribution is 5.89. The number of nitrogens with two attached hydrogens (primary N) is 1. The Morgan fingerprint density at radius 1 is 1.27 bits per heavy atom. The zero-order valence-electron chi connectivity index (χ0n) is 12.1. The molecule has 1 atom stereocenters. The van der Waals surface area contributed by atoms with Crippen molar-refractivity contribution in [2.24, 2.45) is 5.73 Å². The number of hydrogen-bond acceptors (Lipinski definition) is 4. The number of carbonyl (C=O) groups is 3. The van der Waals surface area contributed by atoms with Crippen molar-refractivity contribution in [1.29, 1.82) is 0 Å². The molecule has 0 fully saturated rings. The molecule has 0 aliphatic heterocycles. The van der Waals surface area contributed by atoms with Crippen LogP contribution in [0, 0.1) is 0 Å². The summed E-state index contributed by atoms with van der Waals surface area (Å²) in [6.07, 6.45) is 1.67. The van der Waals surface area contributed by atoms with Crippen molar-refractivity contribution in [2.45, 2.75) is 19.5 Å². The number of aromatic nitrogens is 2. The molecular formula is C14H17N5O3. The maximum atomic E-state index is 11.8. The fourth-order valence-electron chi connectivity index (χ4n) is 1.89. The first-order valence-electron chi connectivity index (χ1n) is 6.73. The maximum Gasteiger partial charge on any atom is 0.242 e. The van der Waals surface area contributed by atoms with E-state index in [1.807, 2.05) is 24.3 Å². The van der Waals surface area contributed by atoms with Crippen molar-refractivity contribution in [3.63, 3.8) is 0 Å². The van der Waals surface area contributed by atoms with Crippen molar-refractivity contribution < 1.29 is 14.4 Å². The Morgan fingerprint density at radius 3 is 2.73 bits per heavy atom. The van der Waals surface area contributed by atoms with E-state index >= 15 is 0 Å². The molecule has 0 saturated carbocycles. The summed E-state index contributed by atoms with van der Waals surface area (Å²) < 4.78 is 1.55. The minimum Gasteiger partial charge on any atom is -0.368 e. The van der Waals surface area contributed by atoms with Crippen LogP contribution in [0.3, 0.4) is 0 Å². The third-order valence-corrected chi connectivity index (χ3v) is 3.09. The van der Waals surface area contributed by atoms with Crippen molar-refractivity contribution in [3.05, 3.63) is 30.5 Å². The monoisotopic (exact) mass is 303 g/mol. The minimum atomic E-state index is -0.778. The highest BCUT2D eigenvalue weighted by Crippen LogP contribution is 2.11. The van der Waals surface area contributed by atoms with E-state index in [9.17, 15) is 14.4 Å². The number of rotatable bonds is 6. The fourth-order valence-corrected chi connectivity index (χ4v) is 1.89. The molecule has 22 heavy (non-hydrogen) atoms. The van der Waals surface area contributed by atoms with E-state index in [4.69, 9.17) is 5.73 Å². The minimum absolute atomic E-state index is 0.00612. The van der Waals surface area contributed by atoms with Crippen LogP contribution in [0.1, 0.15) is 6.92 Å². The highest BCUT2D eigenvalue weighted by atomic mass is 16.2. The van der Waals surface area contributed by atoms with Gasteiger partial charge in [-0.2, -0.15) is 5.10 Å².